The van der Waals surface area contributed by atoms with Crippen molar-refractivity contribution in [2.45, 2.75) is 66.7 Å². The molecule has 2 aromatic carbocycles. The topological polar surface area (TPSA) is 113 Å². The Morgan fingerprint density at radius 3 is 2.30 bits per heavy atom. The highest BCUT2D eigenvalue weighted by molar-refractivity contribution is 7.92. The van der Waals surface area contributed by atoms with Crippen LogP contribution in [0.15, 0.2) is 64.2 Å². The molecule has 2 N–H and O–H groups in total. The smallest absolute Gasteiger partial charge is 0.380 e. The Bertz CT molecular complexity index is 1550. The number of sulfonamides is 1. The lowest BCUT2D eigenvalue weighted by Crippen LogP contribution is -2.56. The van der Waals surface area contributed by atoms with Crippen LogP contribution in [-0.4, -0.2) is 42.4 Å². The van der Waals surface area contributed by atoms with E-state index in [2.05, 4.69) is 10.5 Å². The molecule has 1 spiro atoms. The zero-order valence-corrected chi connectivity index (χ0v) is 21.8. The summed E-state index contributed by atoms with van der Waals surface area (Å²) in [6, 6.07) is 9.54. The first-order chi connectivity index (χ1) is 18.9. The van der Waals surface area contributed by atoms with E-state index in [0.29, 0.717) is 18.4 Å². The van der Waals surface area contributed by atoms with Gasteiger partial charge in [0.25, 0.3) is 15.9 Å². The maximum absolute atomic E-state index is 14.1. The van der Waals surface area contributed by atoms with Gasteiger partial charge in [-0.3, -0.25) is 9.10 Å². The number of amides is 1. The zero-order valence-electron chi connectivity index (χ0n) is 21.0. The van der Waals surface area contributed by atoms with Crippen molar-refractivity contribution < 1.29 is 40.4 Å². The third-order valence-electron chi connectivity index (χ3n) is 8.47. The van der Waals surface area contributed by atoms with Crippen molar-refractivity contribution >= 4 is 27.4 Å². The first kappa shape index (κ1) is 26.8. The van der Waals surface area contributed by atoms with E-state index in [4.69, 9.17) is 4.52 Å². The fourth-order valence-electron chi connectivity index (χ4n) is 6.28. The molecule has 0 bridgehead atoms. The molecule has 40 heavy (non-hydrogen) atoms. The van der Waals surface area contributed by atoms with Gasteiger partial charge in [0, 0.05) is 17.0 Å². The monoisotopic (exact) mass is 579 g/mol. The number of rotatable bonds is 5. The van der Waals surface area contributed by atoms with E-state index < -0.39 is 57.8 Å². The average Bonchev–Trinajstić information content (AvgIpc) is 3.54. The normalized spacial score (nSPS) is 26.6. The lowest BCUT2D eigenvalue weighted by atomic mass is 9.61. The molecule has 2 aliphatic carbocycles. The summed E-state index contributed by atoms with van der Waals surface area (Å²) < 4.78 is 89.1. The molecule has 3 aromatic rings. The molecule has 0 radical (unpaired) electrons. The van der Waals surface area contributed by atoms with Gasteiger partial charge in [0.15, 0.2) is 11.4 Å². The highest BCUT2D eigenvalue weighted by Gasteiger charge is 2.65. The molecule has 1 unspecified atom stereocenters. The minimum absolute atomic E-state index is 0.132. The van der Waals surface area contributed by atoms with Crippen LogP contribution >= 0.6 is 0 Å². The van der Waals surface area contributed by atoms with Crippen LogP contribution in [0.25, 0.3) is 0 Å². The van der Waals surface area contributed by atoms with Crippen LogP contribution in [0.5, 0.6) is 0 Å². The van der Waals surface area contributed by atoms with Gasteiger partial charge in [-0.1, -0.05) is 5.16 Å². The summed E-state index contributed by atoms with van der Waals surface area (Å²) in [7, 11) is -4.27. The zero-order chi connectivity index (χ0) is 28.5. The molecule has 212 valence electrons. The molecule has 1 amide bonds. The maximum Gasteiger partial charge on any atom is 0.417 e. The number of anilines is 2. The molecule has 1 atom stereocenters. The summed E-state index contributed by atoms with van der Waals surface area (Å²) in [6.07, 6.45) is -3.71. The molecule has 1 aliphatic heterocycles. The van der Waals surface area contributed by atoms with Gasteiger partial charge in [0.05, 0.1) is 16.6 Å². The van der Waals surface area contributed by atoms with Crippen molar-refractivity contribution in [2.75, 3.05) is 9.62 Å². The summed E-state index contributed by atoms with van der Waals surface area (Å²) in [5, 5.41) is 16.7. The number of alkyl halides is 3. The number of hydrogen-bond acceptors (Lipinski definition) is 6. The van der Waals surface area contributed by atoms with Crippen LogP contribution in [0.4, 0.5) is 29.1 Å². The Morgan fingerprint density at radius 1 is 1.05 bits per heavy atom. The van der Waals surface area contributed by atoms with E-state index >= 15 is 0 Å². The number of aromatic nitrogens is 1. The largest absolute Gasteiger partial charge is 0.417 e. The fourth-order valence-corrected chi connectivity index (χ4v) is 8.08. The minimum Gasteiger partial charge on any atom is -0.380 e. The third kappa shape index (κ3) is 4.17. The number of benzene rings is 2. The second-order valence-electron chi connectivity index (χ2n) is 10.8. The van der Waals surface area contributed by atoms with Gasteiger partial charge >= 0.3 is 6.18 Å². The van der Waals surface area contributed by atoms with Crippen LogP contribution in [0.2, 0.25) is 0 Å². The van der Waals surface area contributed by atoms with E-state index in [9.17, 15) is 35.9 Å². The van der Waals surface area contributed by atoms with E-state index in [0.717, 1.165) is 24.3 Å². The molecule has 6 rings (SSSR count). The summed E-state index contributed by atoms with van der Waals surface area (Å²) >= 11 is 0. The third-order valence-corrected chi connectivity index (χ3v) is 10.3. The summed E-state index contributed by atoms with van der Waals surface area (Å²) in [6.45, 7) is 0. The van der Waals surface area contributed by atoms with Crippen LogP contribution in [-0.2, 0) is 15.4 Å². The maximum atomic E-state index is 14.1. The Kier molecular flexibility index (Phi) is 6.04. The standard InChI is InChI=1S/C27H25F4N3O5S/c28-18-4-6-19(7-5-18)40(37,38)34-21-8-3-17(24(35)32-22-9-14-39-33-22)15-20(21)25(23(34)16-1-2-16)10-12-26(36,13-11-25)27(29,30)31/h3-9,14-16,23,36H,1-2,10-13H2,(H,32,33,35). The van der Waals surface area contributed by atoms with Gasteiger partial charge in [0.2, 0.25) is 0 Å². The molecule has 13 heteroatoms. The van der Waals surface area contributed by atoms with Crippen LogP contribution < -0.4 is 9.62 Å². The number of fused-ring (bicyclic) bond motifs is 2. The predicted molar refractivity (Wildman–Crippen MR) is 135 cm³/mol. The highest BCUT2D eigenvalue weighted by Crippen LogP contribution is 2.62. The molecule has 2 heterocycles. The Balaban J connectivity index is 1.48. The van der Waals surface area contributed by atoms with Gasteiger partial charge in [-0.25, -0.2) is 12.8 Å². The number of aliphatic hydroxyl groups is 1. The lowest BCUT2D eigenvalue weighted by molar-refractivity contribution is -0.273. The SMILES string of the molecule is O=C(Nc1ccon1)c1ccc2c(c1)C1(CCC(O)(C(F)(F)F)CC1)C(C1CC1)N2S(=O)(=O)c1ccc(F)cc1. The number of nitrogens with one attached hydrogen (secondary N) is 1. The van der Waals surface area contributed by atoms with Gasteiger partial charge in [-0.2, -0.15) is 13.2 Å². The first-order valence-corrected chi connectivity index (χ1v) is 14.3. The molecule has 1 aromatic heterocycles. The van der Waals surface area contributed by atoms with Crippen molar-refractivity contribution in [1.29, 1.82) is 0 Å². The predicted octanol–water partition coefficient (Wildman–Crippen LogP) is 5.16. The van der Waals surface area contributed by atoms with Gasteiger partial charge < -0.3 is 14.9 Å². The highest BCUT2D eigenvalue weighted by atomic mass is 32.2. The number of halogens is 4. The second-order valence-corrected chi connectivity index (χ2v) is 12.6. The molecular weight excluding hydrogens is 554 g/mol. The second kappa shape index (κ2) is 9.03. The number of carbonyl (C=O) groups is 1. The van der Waals surface area contributed by atoms with Gasteiger partial charge in [-0.05, 0) is 92.5 Å². The van der Waals surface area contributed by atoms with Gasteiger partial charge in [-0.15, -0.1) is 0 Å². The number of carbonyl (C=O) groups excluding carboxylic acids is 1. The first-order valence-electron chi connectivity index (χ1n) is 12.8. The quantitative estimate of drug-likeness (QED) is 0.404. The Morgan fingerprint density at radius 2 is 1.73 bits per heavy atom. The van der Waals surface area contributed by atoms with Crippen LogP contribution in [0, 0.1) is 11.7 Å². The molecule has 2 fully saturated rings. The average molecular weight is 580 g/mol. The van der Waals surface area contributed by atoms with Crippen molar-refractivity contribution in [3.63, 3.8) is 0 Å². The molecular formula is C27H25F4N3O5S. The summed E-state index contributed by atoms with van der Waals surface area (Å²) in [5.74, 6) is -1.15. The molecule has 2 saturated carbocycles. The molecule has 3 aliphatic rings. The lowest BCUT2D eigenvalue weighted by Gasteiger charge is -2.47. The van der Waals surface area contributed by atoms with Crippen molar-refractivity contribution in [1.82, 2.24) is 5.16 Å². The van der Waals surface area contributed by atoms with E-state index in [1.54, 1.807) is 0 Å². The molecule has 8 nitrogen and oxygen atoms in total. The Labute approximate surface area is 227 Å². The minimum atomic E-state index is -4.84. The Hall–Kier alpha value is -3.45. The van der Waals surface area contributed by atoms with Gasteiger partial charge in [0.1, 0.15) is 12.1 Å². The van der Waals surface area contributed by atoms with Crippen LogP contribution in [0.3, 0.4) is 0 Å². The number of hydrogen-bond donors (Lipinski definition) is 2. The summed E-state index contributed by atoms with van der Waals surface area (Å²) in [4.78, 5) is 12.9. The van der Waals surface area contributed by atoms with Crippen LogP contribution in [0.1, 0.15) is 54.4 Å². The van der Waals surface area contributed by atoms with Crippen molar-refractivity contribution in [3.8, 4) is 0 Å². The number of nitrogens with zero attached hydrogens (tertiary/aromatic N) is 2. The van der Waals surface area contributed by atoms with Crippen molar-refractivity contribution in [2.24, 2.45) is 5.92 Å². The van der Waals surface area contributed by atoms with Crippen molar-refractivity contribution in [3.05, 3.63) is 71.7 Å². The van der Waals surface area contributed by atoms with E-state index in [1.165, 1.54) is 34.8 Å². The van der Waals surface area contributed by atoms with E-state index in [1.807, 2.05) is 0 Å². The summed E-state index contributed by atoms with van der Waals surface area (Å²) in [5.41, 5.74) is -3.11. The van der Waals surface area contributed by atoms with E-state index in [-0.39, 0.29) is 40.7 Å². The molecule has 0 saturated heterocycles. The fraction of sp³-hybridized carbons (Fsp3) is 0.407.